The number of halogens is 1. The summed E-state index contributed by atoms with van der Waals surface area (Å²) in [5.41, 5.74) is -0.150. The molecule has 5 atom stereocenters. The van der Waals surface area contributed by atoms with Crippen LogP contribution in [0, 0.1) is 17.2 Å². The second kappa shape index (κ2) is 20.1. The molecule has 1 unspecified atom stereocenters. The van der Waals surface area contributed by atoms with E-state index >= 15 is 4.39 Å². The number of fused-ring (bicyclic) bond motifs is 1. The van der Waals surface area contributed by atoms with E-state index in [1.165, 1.54) is 10.9 Å². The summed E-state index contributed by atoms with van der Waals surface area (Å²) in [4.78, 5) is 37.2. The van der Waals surface area contributed by atoms with Crippen LogP contribution in [-0.4, -0.2) is 88.0 Å². The van der Waals surface area contributed by atoms with Gasteiger partial charge >= 0.3 is 0 Å². The van der Waals surface area contributed by atoms with Crippen LogP contribution < -0.4 is 20.3 Å². The van der Waals surface area contributed by atoms with Gasteiger partial charge < -0.3 is 28.0 Å². The molecule has 0 aliphatic carbocycles. The molecule has 2 N–H and O–H groups in total. The second-order valence-electron chi connectivity index (χ2n) is 15.3. The third kappa shape index (κ3) is 9.78. The molecular weight excluding hydrogens is 804 g/mol. The predicted octanol–water partition coefficient (Wildman–Crippen LogP) is 7.64. The second-order valence-corrected chi connectivity index (χ2v) is 16.8. The molecule has 2 aromatic heterocycles. The molecule has 61 heavy (non-hydrogen) atoms. The van der Waals surface area contributed by atoms with Crippen LogP contribution in [0.4, 0.5) is 10.3 Å². The highest BCUT2D eigenvalue weighted by Gasteiger charge is 2.53. The van der Waals surface area contributed by atoms with Crippen molar-refractivity contribution in [3.05, 3.63) is 112 Å². The zero-order valence-electron chi connectivity index (χ0n) is 35.6. The molecule has 1 aliphatic heterocycles. The van der Waals surface area contributed by atoms with E-state index in [-0.39, 0.29) is 54.7 Å². The summed E-state index contributed by atoms with van der Waals surface area (Å²) in [5, 5.41) is 11.9. The van der Waals surface area contributed by atoms with E-state index in [0.717, 1.165) is 0 Å². The van der Waals surface area contributed by atoms with Crippen molar-refractivity contribution in [2.24, 2.45) is 5.92 Å². The molecule has 6 rings (SSSR count). The number of carbonyl (C=O) groups excluding carboxylic acids is 1. The summed E-state index contributed by atoms with van der Waals surface area (Å²) in [7, 11) is 1.39. The van der Waals surface area contributed by atoms with E-state index in [0.29, 0.717) is 28.2 Å². The topological polar surface area (TPSA) is 175 Å². The third-order valence-corrected chi connectivity index (χ3v) is 12.3. The molecule has 1 amide bonds. The van der Waals surface area contributed by atoms with Gasteiger partial charge in [0.15, 0.2) is 23.6 Å². The first kappa shape index (κ1) is 45.3. The van der Waals surface area contributed by atoms with Crippen molar-refractivity contribution in [3.63, 3.8) is 0 Å². The van der Waals surface area contributed by atoms with E-state index < -0.39 is 50.2 Å². The monoisotopic (exact) mass is 857 g/mol. The summed E-state index contributed by atoms with van der Waals surface area (Å²) >= 11 is 0. The lowest BCUT2D eigenvalue weighted by molar-refractivity contribution is -0.118. The van der Waals surface area contributed by atoms with E-state index in [1.54, 1.807) is 28.1 Å². The SMILES string of the molecule is COc1ccc(C(O[C@H]2[C@H](F)[C@H](n3cnc4c(=O)[nH]c(NC(=O)C(C)C)nc43)O[C@@H]2COP(OCCC#N)N(C(C)C)C(C)C)(c2ccccc2)c2ccc(OC)cc2)cc1. The number of imidazole rings is 1. The first-order valence-electron chi connectivity index (χ1n) is 20.1. The van der Waals surface area contributed by atoms with Crippen molar-refractivity contribution in [3.8, 4) is 17.6 Å². The van der Waals surface area contributed by atoms with Crippen LogP contribution in [0.1, 0.15) is 70.9 Å². The van der Waals surface area contributed by atoms with Crippen molar-refractivity contribution >= 4 is 31.5 Å². The van der Waals surface area contributed by atoms with Gasteiger partial charge in [0, 0.05) is 18.0 Å². The predicted molar refractivity (Wildman–Crippen MR) is 229 cm³/mol. The van der Waals surface area contributed by atoms with E-state index in [9.17, 15) is 14.9 Å². The molecule has 1 fully saturated rings. The molecular formula is C44H53FN7O8P. The highest BCUT2D eigenvalue weighted by molar-refractivity contribution is 7.44. The molecule has 324 valence electrons. The van der Waals surface area contributed by atoms with Crippen molar-refractivity contribution in [1.82, 2.24) is 24.2 Å². The first-order chi connectivity index (χ1) is 29.3. The van der Waals surface area contributed by atoms with E-state index in [1.807, 2.05) is 107 Å². The molecule has 3 heterocycles. The molecule has 5 aromatic rings. The number of methoxy groups -OCH3 is 2. The molecule has 0 radical (unpaired) electrons. The Kier molecular flexibility index (Phi) is 14.9. The van der Waals surface area contributed by atoms with Crippen molar-refractivity contribution in [2.75, 3.05) is 32.8 Å². The van der Waals surface area contributed by atoms with Crippen LogP contribution >= 0.6 is 8.53 Å². The van der Waals surface area contributed by atoms with E-state index in [4.69, 9.17) is 28.0 Å². The van der Waals surface area contributed by atoms with Gasteiger partial charge in [-0.1, -0.05) is 68.4 Å². The number of benzene rings is 3. The maximum Gasteiger partial charge on any atom is 0.280 e. The lowest BCUT2D eigenvalue weighted by Gasteiger charge is -2.40. The summed E-state index contributed by atoms with van der Waals surface area (Å²) in [6, 6.07) is 26.4. The Bertz CT molecular complexity index is 2260. The molecule has 1 saturated heterocycles. The number of alkyl halides is 1. The number of amides is 1. The van der Waals surface area contributed by atoms with Crippen LogP contribution in [0.5, 0.6) is 11.5 Å². The Morgan fingerprint density at radius 3 is 2.08 bits per heavy atom. The van der Waals surface area contributed by atoms with Gasteiger partial charge in [0.2, 0.25) is 11.9 Å². The van der Waals surface area contributed by atoms with Gasteiger partial charge in [0.05, 0.1) is 46.3 Å². The third-order valence-electron chi connectivity index (χ3n) is 10.2. The average Bonchev–Trinajstić information content (AvgIpc) is 3.81. The molecule has 1 aliphatic rings. The zero-order chi connectivity index (χ0) is 43.8. The number of nitrogens with zero attached hydrogens (tertiary/aromatic N) is 5. The minimum atomic E-state index is -1.92. The maximum absolute atomic E-state index is 18.0. The van der Waals surface area contributed by atoms with Crippen LogP contribution in [0.15, 0.2) is 90.0 Å². The fraction of sp³-hybridized carbons (Fsp3) is 0.432. The minimum Gasteiger partial charge on any atom is -0.497 e. The number of ether oxygens (including phenoxy) is 4. The Morgan fingerprint density at radius 1 is 0.951 bits per heavy atom. The Balaban J connectivity index is 1.51. The average molecular weight is 858 g/mol. The number of hydrogen-bond acceptors (Lipinski definition) is 12. The highest BCUT2D eigenvalue weighted by Crippen LogP contribution is 2.50. The quantitative estimate of drug-likeness (QED) is 0.0473. The number of H-pyrrole nitrogens is 1. The summed E-state index contributed by atoms with van der Waals surface area (Å²) in [6.45, 7) is 11.4. The molecule has 17 heteroatoms. The number of anilines is 1. The number of rotatable bonds is 19. The van der Waals surface area contributed by atoms with Crippen molar-refractivity contribution in [2.45, 2.75) is 90.3 Å². The number of nitriles is 1. The number of aromatic amines is 1. The van der Waals surface area contributed by atoms with Gasteiger partial charge in [0.25, 0.3) is 14.1 Å². The number of hydrogen-bond donors (Lipinski definition) is 2. The largest absolute Gasteiger partial charge is 0.497 e. The van der Waals surface area contributed by atoms with Gasteiger partial charge in [-0.25, -0.2) is 14.0 Å². The summed E-state index contributed by atoms with van der Waals surface area (Å²) in [6.07, 6.45) is -4.36. The normalized spacial score (nSPS) is 18.6. The van der Waals surface area contributed by atoms with Crippen LogP contribution in [-0.2, 0) is 28.9 Å². The first-order valence-corrected chi connectivity index (χ1v) is 21.3. The fourth-order valence-electron chi connectivity index (χ4n) is 7.31. The van der Waals surface area contributed by atoms with Gasteiger partial charge in [-0.05, 0) is 68.7 Å². The van der Waals surface area contributed by atoms with E-state index in [2.05, 4.69) is 31.0 Å². The van der Waals surface area contributed by atoms with Crippen molar-refractivity contribution < 1.29 is 37.2 Å². The zero-order valence-corrected chi connectivity index (χ0v) is 36.5. The van der Waals surface area contributed by atoms with Crippen LogP contribution in [0.25, 0.3) is 11.2 Å². The Hall–Kier alpha value is -5.27. The van der Waals surface area contributed by atoms with Crippen LogP contribution in [0.2, 0.25) is 0 Å². The molecule has 3 aromatic carbocycles. The van der Waals surface area contributed by atoms with Gasteiger partial charge in [-0.2, -0.15) is 10.2 Å². The minimum absolute atomic E-state index is 0.00542. The highest BCUT2D eigenvalue weighted by atomic mass is 31.2. The lowest BCUT2D eigenvalue weighted by Crippen LogP contribution is -2.44. The lowest BCUT2D eigenvalue weighted by atomic mass is 9.79. The Labute approximate surface area is 356 Å². The summed E-state index contributed by atoms with van der Waals surface area (Å²) < 4.78 is 59.2. The van der Waals surface area contributed by atoms with Gasteiger partial charge in [0.1, 0.15) is 29.3 Å². The smallest absolute Gasteiger partial charge is 0.280 e. The molecule has 15 nitrogen and oxygen atoms in total. The number of nitrogens with one attached hydrogen (secondary N) is 2. The number of aromatic nitrogens is 4. The molecule has 0 saturated carbocycles. The van der Waals surface area contributed by atoms with Gasteiger partial charge in [-0.3, -0.25) is 24.5 Å². The summed E-state index contributed by atoms with van der Waals surface area (Å²) in [5.74, 6) is 0.323. The van der Waals surface area contributed by atoms with Gasteiger partial charge in [-0.15, -0.1) is 0 Å². The fourth-order valence-corrected chi connectivity index (χ4v) is 8.93. The molecule has 0 spiro atoms. The van der Waals surface area contributed by atoms with Crippen LogP contribution in [0.3, 0.4) is 0 Å². The standard InChI is InChI=1S/C44H53FN7O8P/c1-27(2)40(53)49-43-48-39-37(41(54)50-43)47-26-51(39)42-36(45)38(35(59-42)25-58-61(57-24-12-23-46)52(28(3)4)29(5)6)60-44(30-13-10-9-11-14-30,31-15-19-33(55-7)20-16-31)32-17-21-34(56-8)22-18-32/h9-11,13-22,26-29,35-36,38,42H,12,24-25H2,1-8H3,(H2,48,49,50,53,54)/t35-,36+,38-,42-,61?/m1/s1. The Morgan fingerprint density at radius 2 is 1.54 bits per heavy atom. The maximum atomic E-state index is 18.0. The number of carbonyl (C=O) groups is 1. The molecule has 0 bridgehead atoms. The van der Waals surface area contributed by atoms with Crippen molar-refractivity contribution in [1.29, 1.82) is 5.26 Å².